The predicted octanol–water partition coefficient (Wildman–Crippen LogP) is 3.77. The number of hydrogen-bond acceptors (Lipinski definition) is 5. The maximum absolute atomic E-state index is 12.9. The van der Waals surface area contributed by atoms with Gasteiger partial charge < -0.3 is 5.32 Å². The van der Waals surface area contributed by atoms with E-state index in [4.69, 9.17) is 0 Å². The number of halogens is 3. The second-order valence-corrected chi connectivity index (χ2v) is 4.75. The molecule has 0 unspecified atom stereocenters. The Balaban J connectivity index is 2.43. The van der Waals surface area contributed by atoms with Crippen molar-refractivity contribution in [1.29, 1.82) is 0 Å². The van der Waals surface area contributed by atoms with Crippen LogP contribution < -0.4 is 5.32 Å². The first-order chi connectivity index (χ1) is 11.6. The third kappa shape index (κ3) is 4.07. The highest BCUT2D eigenvalue weighted by molar-refractivity contribution is 6.05. The van der Waals surface area contributed by atoms with Gasteiger partial charge in [0.25, 0.3) is 17.3 Å². The second-order valence-electron chi connectivity index (χ2n) is 4.75. The third-order valence-electron chi connectivity index (χ3n) is 3.07. The van der Waals surface area contributed by atoms with Gasteiger partial charge in [-0.1, -0.05) is 12.1 Å². The first kappa shape index (κ1) is 17.8. The highest BCUT2D eigenvalue weighted by atomic mass is 19.4. The standard InChI is InChI=1S/C14H8F3N3O5/c15-14(16,17)11-3-1-2-4-12(11)18-13(21)8-5-9(19(22)23)7-10(6-8)20(24)25/h1-7H,(H,18,21). The van der Waals surface area contributed by atoms with E-state index < -0.39 is 50.1 Å². The number of nitrogens with zero attached hydrogens (tertiary/aromatic N) is 2. The van der Waals surface area contributed by atoms with Gasteiger partial charge in [0.2, 0.25) is 0 Å². The van der Waals surface area contributed by atoms with Crippen molar-refractivity contribution >= 4 is 23.0 Å². The Hall–Kier alpha value is -3.50. The van der Waals surface area contributed by atoms with Crippen LogP contribution in [0.3, 0.4) is 0 Å². The molecule has 8 nitrogen and oxygen atoms in total. The van der Waals surface area contributed by atoms with Gasteiger partial charge >= 0.3 is 6.18 Å². The molecule has 130 valence electrons. The zero-order valence-corrected chi connectivity index (χ0v) is 12.1. The van der Waals surface area contributed by atoms with Crippen LogP contribution in [0.1, 0.15) is 15.9 Å². The number of nitro groups is 2. The first-order valence-corrected chi connectivity index (χ1v) is 6.51. The number of nitrogens with one attached hydrogen (secondary N) is 1. The van der Waals surface area contributed by atoms with E-state index in [0.29, 0.717) is 6.07 Å². The van der Waals surface area contributed by atoms with E-state index in [2.05, 4.69) is 0 Å². The van der Waals surface area contributed by atoms with E-state index in [-0.39, 0.29) is 0 Å². The molecule has 0 aliphatic heterocycles. The van der Waals surface area contributed by atoms with Gasteiger partial charge in [0, 0.05) is 12.1 Å². The molecule has 0 atom stereocenters. The maximum atomic E-state index is 12.9. The number of benzene rings is 2. The van der Waals surface area contributed by atoms with Crippen molar-refractivity contribution in [2.45, 2.75) is 6.18 Å². The smallest absolute Gasteiger partial charge is 0.321 e. The highest BCUT2D eigenvalue weighted by Gasteiger charge is 2.33. The molecule has 1 N–H and O–H groups in total. The van der Waals surface area contributed by atoms with Crippen molar-refractivity contribution in [3.05, 3.63) is 73.8 Å². The SMILES string of the molecule is O=C(Nc1ccccc1C(F)(F)F)c1cc([N+](=O)[O-])cc([N+](=O)[O-])c1. The third-order valence-corrected chi connectivity index (χ3v) is 3.07. The van der Waals surface area contributed by atoms with E-state index in [1.807, 2.05) is 5.32 Å². The lowest BCUT2D eigenvalue weighted by Gasteiger charge is -2.13. The lowest BCUT2D eigenvalue weighted by molar-refractivity contribution is -0.394. The molecule has 2 aromatic carbocycles. The average Bonchev–Trinajstić information content (AvgIpc) is 2.53. The van der Waals surface area contributed by atoms with Crippen LogP contribution in [0.2, 0.25) is 0 Å². The second kappa shape index (κ2) is 6.55. The summed E-state index contributed by atoms with van der Waals surface area (Å²) >= 11 is 0. The Bertz CT molecular complexity index is 835. The van der Waals surface area contributed by atoms with Crippen LogP contribution in [0.25, 0.3) is 0 Å². The van der Waals surface area contributed by atoms with Gasteiger partial charge in [-0.2, -0.15) is 13.2 Å². The zero-order valence-electron chi connectivity index (χ0n) is 12.1. The van der Waals surface area contributed by atoms with Gasteiger partial charge in [0.05, 0.1) is 32.7 Å². The molecule has 0 aromatic heterocycles. The van der Waals surface area contributed by atoms with Crippen molar-refractivity contribution in [3.63, 3.8) is 0 Å². The van der Waals surface area contributed by atoms with Crippen LogP contribution in [0.5, 0.6) is 0 Å². The lowest BCUT2D eigenvalue weighted by atomic mass is 10.1. The number of carbonyl (C=O) groups is 1. The number of para-hydroxylation sites is 1. The van der Waals surface area contributed by atoms with Gasteiger partial charge in [0.15, 0.2) is 0 Å². The maximum Gasteiger partial charge on any atom is 0.418 e. The first-order valence-electron chi connectivity index (χ1n) is 6.51. The van der Waals surface area contributed by atoms with E-state index in [9.17, 15) is 38.2 Å². The summed E-state index contributed by atoms with van der Waals surface area (Å²) in [5.74, 6) is -1.15. The molecule has 2 rings (SSSR count). The van der Waals surface area contributed by atoms with E-state index in [1.165, 1.54) is 6.07 Å². The molecular weight excluding hydrogens is 347 g/mol. The number of carbonyl (C=O) groups excluding carboxylic acids is 1. The van der Waals surface area contributed by atoms with Crippen LogP contribution in [-0.2, 0) is 6.18 Å². The number of anilines is 1. The molecule has 1 amide bonds. The van der Waals surface area contributed by atoms with Crippen LogP contribution in [-0.4, -0.2) is 15.8 Å². The zero-order chi connectivity index (χ0) is 18.8. The number of rotatable bonds is 4. The molecule has 0 saturated heterocycles. The Morgan fingerprint density at radius 2 is 1.48 bits per heavy atom. The van der Waals surface area contributed by atoms with Crippen LogP contribution in [0.4, 0.5) is 30.2 Å². The molecule has 0 fully saturated rings. The molecule has 0 saturated carbocycles. The molecule has 0 bridgehead atoms. The summed E-state index contributed by atoms with van der Waals surface area (Å²) in [6, 6.07) is 6.22. The van der Waals surface area contributed by atoms with Crippen molar-refractivity contribution in [2.75, 3.05) is 5.32 Å². The summed E-state index contributed by atoms with van der Waals surface area (Å²) in [7, 11) is 0. The van der Waals surface area contributed by atoms with Gasteiger partial charge in [0.1, 0.15) is 0 Å². The number of hydrogen-bond donors (Lipinski definition) is 1. The van der Waals surface area contributed by atoms with Gasteiger partial charge in [-0.15, -0.1) is 0 Å². The molecule has 0 aliphatic rings. The summed E-state index contributed by atoms with van der Waals surface area (Å²) in [5, 5.41) is 23.6. The molecule has 2 aromatic rings. The fourth-order valence-electron chi connectivity index (χ4n) is 1.97. The molecule has 0 heterocycles. The fourth-order valence-corrected chi connectivity index (χ4v) is 1.97. The Labute approximate surface area is 137 Å². The number of amides is 1. The lowest BCUT2D eigenvalue weighted by Crippen LogP contribution is -2.17. The number of non-ortho nitro benzene ring substituents is 2. The van der Waals surface area contributed by atoms with Gasteiger partial charge in [-0.3, -0.25) is 25.0 Å². The Morgan fingerprint density at radius 3 is 1.96 bits per heavy atom. The minimum atomic E-state index is -4.74. The van der Waals surface area contributed by atoms with E-state index in [0.717, 1.165) is 30.3 Å². The topological polar surface area (TPSA) is 115 Å². The van der Waals surface area contributed by atoms with Crippen LogP contribution >= 0.6 is 0 Å². The summed E-state index contributed by atoms with van der Waals surface area (Å²) in [4.78, 5) is 31.8. The van der Waals surface area contributed by atoms with Crippen molar-refractivity contribution in [2.24, 2.45) is 0 Å². The monoisotopic (exact) mass is 355 g/mol. The summed E-state index contributed by atoms with van der Waals surface area (Å²) in [6.45, 7) is 0. The van der Waals surface area contributed by atoms with E-state index >= 15 is 0 Å². The number of alkyl halides is 3. The molecule has 0 spiro atoms. The van der Waals surface area contributed by atoms with Crippen LogP contribution in [0, 0.1) is 20.2 Å². The van der Waals surface area contributed by atoms with Crippen molar-refractivity contribution < 1.29 is 27.8 Å². The average molecular weight is 355 g/mol. The van der Waals surface area contributed by atoms with Gasteiger partial charge in [-0.25, -0.2) is 0 Å². The Kier molecular flexibility index (Phi) is 4.68. The molecule has 11 heteroatoms. The summed E-state index contributed by atoms with van der Waals surface area (Å²) < 4.78 is 38.7. The molecular formula is C14H8F3N3O5. The largest absolute Gasteiger partial charge is 0.418 e. The van der Waals surface area contributed by atoms with Crippen molar-refractivity contribution in [3.8, 4) is 0 Å². The fraction of sp³-hybridized carbons (Fsp3) is 0.0714. The number of nitro benzene ring substituents is 2. The molecule has 0 aliphatic carbocycles. The molecule has 0 radical (unpaired) electrons. The van der Waals surface area contributed by atoms with Gasteiger partial charge in [-0.05, 0) is 12.1 Å². The van der Waals surface area contributed by atoms with E-state index in [1.54, 1.807) is 0 Å². The minimum absolute atomic E-state index is 0.516. The quantitative estimate of drug-likeness (QED) is 0.662. The van der Waals surface area contributed by atoms with Crippen LogP contribution in [0.15, 0.2) is 42.5 Å². The normalized spacial score (nSPS) is 11.0. The summed E-state index contributed by atoms with van der Waals surface area (Å²) in [5.41, 5.74) is -3.68. The Morgan fingerprint density at radius 1 is 0.960 bits per heavy atom. The predicted molar refractivity (Wildman–Crippen MR) is 79.1 cm³/mol. The summed E-state index contributed by atoms with van der Waals surface area (Å²) in [6.07, 6.45) is -4.74. The van der Waals surface area contributed by atoms with Crippen molar-refractivity contribution in [1.82, 2.24) is 0 Å². The minimum Gasteiger partial charge on any atom is -0.321 e. The molecule has 25 heavy (non-hydrogen) atoms. The highest BCUT2D eigenvalue weighted by Crippen LogP contribution is 2.35.